The number of carbonyl (C=O) groups excluding carboxylic acids is 2. The summed E-state index contributed by atoms with van der Waals surface area (Å²) in [5, 5.41) is 7.20. The molecule has 0 spiro atoms. The molecule has 38 heavy (non-hydrogen) atoms. The molecule has 3 N–H and O–H groups in total. The number of amides is 2. The van der Waals surface area contributed by atoms with Crippen LogP contribution in [0.25, 0.3) is 11.3 Å². The van der Waals surface area contributed by atoms with Crippen LogP contribution in [0.15, 0.2) is 53.8 Å². The van der Waals surface area contributed by atoms with E-state index in [1.165, 1.54) is 12.8 Å². The van der Waals surface area contributed by atoms with Crippen molar-refractivity contribution in [2.75, 3.05) is 38.1 Å². The molecule has 0 bridgehead atoms. The lowest BCUT2D eigenvalue weighted by Gasteiger charge is -2.28. The largest absolute Gasteiger partial charge is 0.358 e. The number of hydrazone groups is 1. The van der Waals surface area contributed by atoms with E-state index in [0.29, 0.717) is 24.0 Å². The van der Waals surface area contributed by atoms with Crippen LogP contribution in [0.3, 0.4) is 0 Å². The van der Waals surface area contributed by atoms with E-state index in [1.54, 1.807) is 12.4 Å². The Balaban J connectivity index is 1.07. The Kier molecular flexibility index (Phi) is 6.92. The quantitative estimate of drug-likeness (QED) is 0.333. The van der Waals surface area contributed by atoms with Gasteiger partial charge in [0.05, 0.1) is 11.8 Å². The molecule has 2 saturated heterocycles. The van der Waals surface area contributed by atoms with Gasteiger partial charge in [-0.25, -0.2) is 4.98 Å². The zero-order chi connectivity index (χ0) is 25.9. The van der Waals surface area contributed by atoms with Gasteiger partial charge in [-0.1, -0.05) is 12.1 Å². The van der Waals surface area contributed by atoms with Crippen molar-refractivity contribution in [1.82, 2.24) is 25.1 Å². The third-order valence-electron chi connectivity index (χ3n) is 7.73. The van der Waals surface area contributed by atoms with Gasteiger partial charge in [0.2, 0.25) is 0 Å². The molecular weight excluding hydrogens is 478 g/mol. The minimum absolute atomic E-state index is 0.0409. The summed E-state index contributed by atoms with van der Waals surface area (Å²) in [7, 11) is 0. The predicted octanol–water partition coefficient (Wildman–Crippen LogP) is 3.51. The normalized spacial score (nSPS) is 19.6. The molecule has 1 atom stereocenters. The lowest BCUT2D eigenvalue weighted by atomic mass is 10.1. The van der Waals surface area contributed by atoms with Crippen LogP contribution in [0.2, 0.25) is 0 Å². The maximum atomic E-state index is 13.2. The summed E-state index contributed by atoms with van der Waals surface area (Å²) in [6.45, 7) is 4.81. The summed E-state index contributed by atoms with van der Waals surface area (Å²) in [6, 6.07) is 13.6. The molecule has 5 heterocycles. The zero-order valence-electron chi connectivity index (χ0n) is 21.4. The van der Waals surface area contributed by atoms with Crippen LogP contribution in [0.1, 0.15) is 57.7 Å². The highest BCUT2D eigenvalue weighted by molar-refractivity contribution is 5.98. The molecular formula is C29H33N7O2. The smallest absolute Gasteiger partial charge is 0.254 e. The highest BCUT2D eigenvalue weighted by Crippen LogP contribution is 2.25. The van der Waals surface area contributed by atoms with Gasteiger partial charge in [-0.2, -0.15) is 5.10 Å². The Morgan fingerprint density at radius 2 is 1.95 bits per heavy atom. The number of carbonyl (C=O) groups is 2. The summed E-state index contributed by atoms with van der Waals surface area (Å²) in [5.41, 5.74) is 8.06. The van der Waals surface area contributed by atoms with Crippen LogP contribution in [0, 0.1) is 0 Å². The first kappa shape index (κ1) is 24.4. The number of pyridine rings is 1. The average Bonchev–Trinajstić information content (AvgIpc) is 3.71. The first-order chi connectivity index (χ1) is 18.6. The number of nitrogens with zero attached hydrogens (tertiary/aromatic N) is 4. The molecule has 3 aliphatic heterocycles. The number of hydrogen-bond donors (Lipinski definition) is 3. The number of anilines is 1. The average molecular weight is 512 g/mol. The first-order valence-corrected chi connectivity index (χ1v) is 13.5. The SMILES string of the molecule is O=C1NCCc2[nH]c(-c3ccnc(NN=Cc4ccc(C(=O)N5CCCC5CN5CCCC5)cc4)c3)cc21. The number of aromatic amines is 1. The van der Waals surface area contributed by atoms with Gasteiger partial charge < -0.3 is 20.1 Å². The molecule has 0 saturated carbocycles. The Labute approximate surface area is 222 Å². The van der Waals surface area contributed by atoms with E-state index >= 15 is 0 Å². The Morgan fingerprint density at radius 1 is 1.11 bits per heavy atom. The van der Waals surface area contributed by atoms with Crippen molar-refractivity contribution in [3.8, 4) is 11.3 Å². The van der Waals surface area contributed by atoms with Gasteiger partial charge in [-0.05, 0) is 74.7 Å². The molecule has 1 unspecified atom stereocenters. The molecule has 9 nitrogen and oxygen atoms in total. The molecule has 2 fully saturated rings. The number of benzene rings is 1. The predicted molar refractivity (Wildman–Crippen MR) is 147 cm³/mol. The van der Waals surface area contributed by atoms with Crippen molar-refractivity contribution in [3.63, 3.8) is 0 Å². The van der Waals surface area contributed by atoms with E-state index in [-0.39, 0.29) is 11.8 Å². The Bertz CT molecular complexity index is 1340. The fourth-order valence-electron chi connectivity index (χ4n) is 5.71. The third-order valence-corrected chi connectivity index (χ3v) is 7.73. The molecule has 9 heteroatoms. The van der Waals surface area contributed by atoms with E-state index in [2.05, 4.69) is 35.6 Å². The fraction of sp³-hybridized carbons (Fsp3) is 0.379. The van der Waals surface area contributed by atoms with Gasteiger partial charge in [-0.3, -0.25) is 15.0 Å². The van der Waals surface area contributed by atoms with Crippen molar-refractivity contribution in [1.29, 1.82) is 0 Å². The Hall–Kier alpha value is -3.98. The number of fused-ring (bicyclic) bond motifs is 1. The Morgan fingerprint density at radius 3 is 2.76 bits per heavy atom. The van der Waals surface area contributed by atoms with Gasteiger partial charge in [0, 0.05) is 60.8 Å². The minimum Gasteiger partial charge on any atom is -0.358 e. The van der Waals surface area contributed by atoms with Gasteiger partial charge in [0.15, 0.2) is 0 Å². The van der Waals surface area contributed by atoms with E-state index in [1.807, 2.05) is 42.5 Å². The molecule has 1 aromatic carbocycles. The number of nitrogens with one attached hydrogen (secondary N) is 3. The summed E-state index contributed by atoms with van der Waals surface area (Å²) >= 11 is 0. The van der Waals surface area contributed by atoms with Crippen molar-refractivity contribution < 1.29 is 9.59 Å². The molecule has 2 amide bonds. The van der Waals surface area contributed by atoms with Gasteiger partial charge in [0.25, 0.3) is 11.8 Å². The second-order valence-corrected chi connectivity index (χ2v) is 10.3. The highest BCUT2D eigenvalue weighted by Gasteiger charge is 2.31. The van der Waals surface area contributed by atoms with E-state index < -0.39 is 0 Å². The molecule has 6 rings (SSSR count). The summed E-state index contributed by atoms with van der Waals surface area (Å²) < 4.78 is 0. The van der Waals surface area contributed by atoms with Crippen molar-refractivity contribution in [2.45, 2.75) is 38.1 Å². The number of rotatable bonds is 7. The van der Waals surface area contributed by atoms with Crippen LogP contribution in [-0.4, -0.2) is 76.6 Å². The van der Waals surface area contributed by atoms with Gasteiger partial charge in [-0.15, -0.1) is 0 Å². The van der Waals surface area contributed by atoms with Crippen LogP contribution < -0.4 is 10.7 Å². The minimum atomic E-state index is -0.0409. The van der Waals surface area contributed by atoms with Crippen LogP contribution in [0.4, 0.5) is 5.82 Å². The second-order valence-electron chi connectivity index (χ2n) is 10.3. The molecule has 3 aromatic rings. The third kappa shape index (κ3) is 5.19. The van der Waals surface area contributed by atoms with Crippen molar-refractivity contribution in [2.24, 2.45) is 5.10 Å². The van der Waals surface area contributed by atoms with Crippen molar-refractivity contribution >= 4 is 23.8 Å². The highest BCUT2D eigenvalue weighted by atomic mass is 16.2. The monoisotopic (exact) mass is 511 g/mol. The van der Waals surface area contributed by atoms with Gasteiger partial charge in [0.1, 0.15) is 5.82 Å². The fourth-order valence-corrected chi connectivity index (χ4v) is 5.71. The molecule has 0 aliphatic carbocycles. The number of likely N-dealkylation sites (tertiary alicyclic amines) is 2. The standard InChI is InChI=1S/C29H33N7O2/c37-28-24-17-26(33-25(24)10-12-31-28)22-9-11-30-27(16-22)34-32-18-20-5-7-21(8-6-20)29(38)36-15-3-4-23(36)19-35-13-1-2-14-35/h5-9,11,16-18,23,33H,1-4,10,12-15,19H2,(H,30,34)(H,31,37). The van der Waals surface area contributed by atoms with Crippen molar-refractivity contribution in [3.05, 3.63) is 71.0 Å². The number of hydrogen-bond acceptors (Lipinski definition) is 6. The van der Waals surface area contributed by atoms with Crippen LogP contribution in [-0.2, 0) is 6.42 Å². The molecule has 2 aromatic heterocycles. The van der Waals surface area contributed by atoms with Crippen LogP contribution in [0.5, 0.6) is 0 Å². The zero-order valence-corrected chi connectivity index (χ0v) is 21.4. The lowest BCUT2D eigenvalue weighted by Crippen LogP contribution is -2.42. The van der Waals surface area contributed by atoms with Crippen LogP contribution >= 0.6 is 0 Å². The van der Waals surface area contributed by atoms with E-state index in [9.17, 15) is 9.59 Å². The summed E-state index contributed by atoms with van der Waals surface area (Å²) in [4.78, 5) is 37.5. The number of aromatic nitrogens is 2. The molecule has 0 radical (unpaired) electrons. The van der Waals surface area contributed by atoms with E-state index in [4.69, 9.17) is 0 Å². The molecule has 3 aliphatic rings. The summed E-state index contributed by atoms with van der Waals surface area (Å²) in [6.07, 6.45) is 8.94. The first-order valence-electron chi connectivity index (χ1n) is 13.5. The topological polar surface area (TPSA) is 106 Å². The summed E-state index contributed by atoms with van der Waals surface area (Å²) in [5.74, 6) is 0.680. The number of H-pyrrole nitrogens is 1. The van der Waals surface area contributed by atoms with Gasteiger partial charge >= 0.3 is 0 Å². The van der Waals surface area contributed by atoms with E-state index in [0.717, 1.165) is 73.5 Å². The maximum Gasteiger partial charge on any atom is 0.254 e. The molecule has 196 valence electrons. The maximum absolute atomic E-state index is 13.2. The second kappa shape index (κ2) is 10.8. The lowest BCUT2D eigenvalue weighted by molar-refractivity contribution is 0.0708.